The third-order valence-electron chi connectivity index (χ3n) is 7.52. The molecule has 2 amide bonds. The number of nitrogens with one attached hydrogen (secondary N) is 3. The van der Waals surface area contributed by atoms with E-state index >= 15 is 0 Å². The minimum atomic E-state index is -5.08. The molecule has 17 heteroatoms. The van der Waals surface area contributed by atoms with Crippen LogP contribution in [-0.4, -0.2) is 85.1 Å². The van der Waals surface area contributed by atoms with Crippen LogP contribution in [0.25, 0.3) is 0 Å². The normalized spacial score (nSPS) is 13.2. The number of halogens is 5. The van der Waals surface area contributed by atoms with Gasteiger partial charge in [-0.3, -0.25) is 4.79 Å². The quantitative estimate of drug-likeness (QED) is 0.103. The van der Waals surface area contributed by atoms with Gasteiger partial charge in [0.25, 0.3) is 0 Å². The Bertz CT molecular complexity index is 1580. The maximum atomic E-state index is 14.0. The highest BCUT2D eigenvalue weighted by Crippen LogP contribution is 2.18. The number of amides is 2. The van der Waals surface area contributed by atoms with E-state index in [1.165, 1.54) is 0 Å². The molecule has 11 nitrogen and oxygen atoms in total. The van der Waals surface area contributed by atoms with Crippen LogP contribution in [0.5, 0.6) is 0 Å². The predicted octanol–water partition coefficient (Wildman–Crippen LogP) is 4.45. The van der Waals surface area contributed by atoms with E-state index in [0.29, 0.717) is 38.3 Å². The number of aryl methyl sites for hydroxylation is 1. The zero-order chi connectivity index (χ0) is 39.5. The summed E-state index contributed by atoms with van der Waals surface area (Å²) in [4.78, 5) is 34.9. The predicted molar refractivity (Wildman–Crippen MR) is 184 cm³/mol. The largest absolute Gasteiger partial charge is 0.490 e. The van der Waals surface area contributed by atoms with Crippen molar-refractivity contribution in [1.82, 2.24) is 16.0 Å². The van der Waals surface area contributed by atoms with Gasteiger partial charge in [0.15, 0.2) is 16.4 Å². The number of ether oxygens (including phenoxy) is 1. The van der Waals surface area contributed by atoms with Crippen molar-refractivity contribution in [3.05, 3.63) is 70.8 Å². The van der Waals surface area contributed by atoms with E-state index in [-0.39, 0.29) is 18.5 Å². The van der Waals surface area contributed by atoms with Gasteiger partial charge in [-0.1, -0.05) is 63.8 Å². The van der Waals surface area contributed by atoms with Gasteiger partial charge < -0.3 is 30.9 Å². The van der Waals surface area contributed by atoms with Gasteiger partial charge in [0.1, 0.15) is 17.7 Å². The fourth-order valence-corrected chi connectivity index (χ4v) is 7.17. The molecule has 0 aliphatic carbocycles. The lowest BCUT2D eigenvalue weighted by Crippen LogP contribution is -2.57. The summed E-state index contributed by atoms with van der Waals surface area (Å²) in [5, 5.41) is 25.6. The molecule has 0 aliphatic heterocycles. The summed E-state index contributed by atoms with van der Waals surface area (Å²) in [5.41, 5.74) is 2.27. The van der Waals surface area contributed by atoms with Gasteiger partial charge in [-0.05, 0) is 54.5 Å². The summed E-state index contributed by atoms with van der Waals surface area (Å²) in [6, 6.07) is 8.02. The maximum Gasteiger partial charge on any atom is 0.490 e. The monoisotopic (exact) mass is 763 g/mol. The van der Waals surface area contributed by atoms with Crippen molar-refractivity contribution in [2.24, 2.45) is 0 Å². The Morgan fingerprint density at radius 1 is 0.942 bits per heavy atom. The summed E-state index contributed by atoms with van der Waals surface area (Å²) in [7, 11) is -3.88. The molecular weight excluding hydrogens is 717 g/mol. The zero-order valence-electron chi connectivity index (χ0n) is 29.1. The van der Waals surface area contributed by atoms with Crippen LogP contribution in [0.2, 0.25) is 0 Å². The second-order valence-electron chi connectivity index (χ2n) is 11.8. The average molecular weight is 764 g/mol. The lowest BCUT2D eigenvalue weighted by molar-refractivity contribution is -0.192. The molecule has 3 atom stereocenters. The number of rotatable bonds is 19. The molecule has 0 radical (unpaired) electrons. The van der Waals surface area contributed by atoms with Gasteiger partial charge in [-0.15, -0.1) is 6.42 Å². The SMILES string of the molecule is C#CCOC(=O)N[C@H](CS(=O)(=O)C(CCC)CCC)C(=O)N[C@@H](Cc1cc(F)cc(F)c1)[C@H](O)CNCc1cccc(CC)c1.O=C(O)C(F)(F)F. The Morgan fingerprint density at radius 2 is 1.52 bits per heavy atom. The number of sulfone groups is 1. The fraction of sp³-hybridized carbons (Fsp3) is 0.514. The highest BCUT2D eigenvalue weighted by molar-refractivity contribution is 7.92. The van der Waals surface area contributed by atoms with Crippen LogP contribution in [-0.2, 0) is 43.5 Å². The first kappa shape index (κ1) is 45.8. The Morgan fingerprint density at radius 3 is 2.04 bits per heavy atom. The van der Waals surface area contributed by atoms with Crippen molar-refractivity contribution in [3.63, 3.8) is 0 Å². The first-order valence-corrected chi connectivity index (χ1v) is 18.2. The fourth-order valence-electron chi connectivity index (χ4n) is 5.01. The summed E-state index contributed by atoms with van der Waals surface area (Å²) in [6.45, 7) is 5.73. The standard InChI is InChI=1S/C33H45F2N3O6S.C2HF3O2/c1-5-10-28(11-6-2)45(42,43)22-30(38-33(41)44-14-7-3)32(40)37-29(18-25-16-26(34)19-27(35)17-25)31(39)21-36-20-24-13-9-12-23(8-4)15-24;3-2(4,5)1(6)7/h3,9,12-13,15-17,19,28-31,36,39H,5-6,8,10-11,14,18,20-22H2,1-2,4H3,(H,37,40)(H,38,41);(H,6,7)/t29-,30+,31+;/m0./s1. The van der Waals surface area contributed by atoms with Gasteiger partial charge in [-0.25, -0.2) is 26.8 Å². The number of hydrogen-bond donors (Lipinski definition) is 5. The smallest absolute Gasteiger partial charge is 0.475 e. The molecule has 2 aromatic rings. The van der Waals surface area contributed by atoms with Gasteiger partial charge >= 0.3 is 18.2 Å². The number of aliphatic hydroxyl groups excluding tert-OH is 1. The van der Waals surface area contributed by atoms with Crippen LogP contribution in [0.15, 0.2) is 42.5 Å². The number of hydrogen-bond acceptors (Lipinski definition) is 8. The number of carbonyl (C=O) groups is 3. The number of benzene rings is 2. The molecule has 5 N–H and O–H groups in total. The van der Waals surface area contributed by atoms with Gasteiger partial charge in [-0.2, -0.15) is 13.2 Å². The molecule has 0 heterocycles. The van der Waals surface area contributed by atoms with Crippen molar-refractivity contribution in [1.29, 1.82) is 0 Å². The number of aliphatic hydroxyl groups is 1. The Kier molecular flexibility index (Phi) is 19.9. The van der Waals surface area contributed by atoms with E-state index in [1.54, 1.807) is 0 Å². The first-order chi connectivity index (χ1) is 24.4. The third kappa shape index (κ3) is 17.3. The van der Waals surface area contributed by atoms with Crippen LogP contribution < -0.4 is 16.0 Å². The molecule has 52 heavy (non-hydrogen) atoms. The van der Waals surface area contributed by atoms with Gasteiger partial charge in [0.2, 0.25) is 5.91 Å². The van der Waals surface area contributed by atoms with Crippen LogP contribution in [0.3, 0.4) is 0 Å². The number of carboxylic acid groups (broad SMARTS) is 1. The van der Waals surface area contributed by atoms with Crippen molar-refractivity contribution in [3.8, 4) is 12.3 Å². The lowest BCUT2D eigenvalue weighted by Gasteiger charge is -2.28. The molecule has 0 aromatic heterocycles. The summed E-state index contributed by atoms with van der Waals surface area (Å²) < 4.78 is 91.3. The number of aliphatic carboxylic acids is 1. The highest BCUT2D eigenvalue weighted by Gasteiger charge is 2.38. The summed E-state index contributed by atoms with van der Waals surface area (Å²) in [6.07, 6.45) is 0.331. The molecule has 0 aliphatic rings. The molecule has 2 aromatic carbocycles. The highest BCUT2D eigenvalue weighted by atomic mass is 32.2. The van der Waals surface area contributed by atoms with E-state index in [4.69, 9.17) is 21.1 Å². The van der Waals surface area contributed by atoms with E-state index in [1.807, 2.05) is 45.0 Å². The Labute approximate surface area is 300 Å². The molecule has 0 unspecified atom stereocenters. The molecule has 0 saturated carbocycles. The molecule has 2 rings (SSSR count). The average Bonchev–Trinajstić information content (AvgIpc) is 3.06. The number of alkyl carbamates (subject to hydrolysis) is 1. The first-order valence-electron chi connectivity index (χ1n) is 16.5. The van der Waals surface area contributed by atoms with E-state index in [9.17, 15) is 45.1 Å². The Balaban J connectivity index is 0.00000174. The summed E-state index contributed by atoms with van der Waals surface area (Å²) in [5.74, 6) is -3.95. The minimum absolute atomic E-state index is 0.0191. The molecule has 290 valence electrons. The molecular formula is C35H46F5N3O8S. The second-order valence-corrected chi connectivity index (χ2v) is 14.1. The molecule has 0 saturated heterocycles. The molecule has 0 spiro atoms. The third-order valence-corrected chi connectivity index (χ3v) is 9.80. The van der Waals surface area contributed by atoms with Crippen molar-refractivity contribution < 1.29 is 59.7 Å². The minimum Gasteiger partial charge on any atom is -0.475 e. The molecule has 0 fully saturated rings. The van der Waals surface area contributed by atoms with E-state index in [0.717, 1.165) is 29.7 Å². The number of carbonyl (C=O) groups excluding carboxylic acids is 2. The number of alkyl halides is 3. The lowest BCUT2D eigenvalue weighted by atomic mass is 10.00. The Hall–Kier alpha value is -4.27. The number of carboxylic acids is 1. The van der Waals surface area contributed by atoms with Gasteiger partial charge in [0.05, 0.1) is 23.1 Å². The van der Waals surface area contributed by atoms with E-state index < -0.39 is 81.4 Å². The van der Waals surface area contributed by atoms with Gasteiger partial charge in [0, 0.05) is 19.2 Å². The van der Waals surface area contributed by atoms with Crippen molar-refractivity contribution in [2.75, 3.05) is 18.9 Å². The number of terminal acetylenes is 1. The maximum absolute atomic E-state index is 14.0. The van der Waals surface area contributed by atoms with Crippen molar-refractivity contribution >= 4 is 27.8 Å². The van der Waals surface area contributed by atoms with Crippen LogP contribution >= 0.6 is 0 Å². The molecule has 0 bridgehead atoms. The van der Waals surface area contributed by atoms with Crippen molar-refractivity contribution in [2.45, 2.75) is 95.5 Å². The van der Waals surface area contributed by atoms with E-state index in [2.05, 4.69) is 21.9 Å². The van der Waals surface area contributed by atoms with Crippen LogP contribution in [0.4, 0.5) is 26.7 Å². The van der Waals surface area contributed by atoms with Crippen LogP contribution in [0.1, 0.15) is 63.1 Å². The van der Waals surface area contributed by atoms with Crippen LogP contribution in [0, 0.1) is 24.0 Å². The second kappa shape index (κ2) is 22.6. The topological polar surface area (TPSA) is 171 Å². The summed E-state index contributed by atoms with van der Waals surface area (Å²) >= 11 is 0. The zero-order valence-corrected chi connectivity index (χ0v) is 30.0.